The van der Waals surface area contributed by atoms with Gasteiger partial charge in [-0.1, -0.05) is 48.6 Å². The lowest BCUT2D eigenvalue weighted by atomic mass is 10.1. The monoisotopic (exact) mass is 684 g/mol. The predicted molar refractivity (Wildman–Crippen MR) is 204 cm³/mol. The van der Waals surface area contributed by atoms with Gasteiger partial charge < -0.3 is 0 Å². The molecule has 4 aromatic heterocycles. The van der Waals surface area contributed by atoms with Crippen LogP contribution in [0, 0.1) is 0 Å². The summed E-state index contributed by atoms with van der Waals surface area (Å²) in [6, 6.07) is 34.9. The average Bonchev–Trinajstić information content (AvgIpc) is 3.71. The summed E-state index contributed by atoms with van der Waals surface area (Å²) in [5, 5.41) is 8.01. The molecule has 0 atom stereocenters. The molecule has 0 radical (unpaired) electrons. The summed E-state index contributed by atoms with van der Waals surface area (Å²) in [5.74, 6) is -0.776. The van der Waals surface area contributed by atoms with Crippen molar-refractivity contribution in [3.8, 4) is 22.5 Å². The number of nitrogens with zero attached hydrogens (tertiary/aromatic N) is 6. The van der Waals surface area contributed by atoms with E-state index in [4.69, 9.17) is 0 Å². The molecule has 0 spiro atoms. The van der Waals surface area contributed by atoms with E-state index in [0.29, 0.717) is 11.1 Å². The van der Waals surface area contributed by atoms with Crippen molar-refractivity contribution >= 4 is 47.7 Å². The first kappa shape index (κ1) is 33.3. The Hall–Kier alpha value is -7.20. The molecule has 0 aliphatic carbocycles. The molecule has 10 nitrogen and oxygen atoms in total. The van der Waals surface area contributed by atoms with Crippen LogP contribution in [0.2, 0.25) is 0 Å². The molecular weight excluding hydrogens is 649 g/mol. The Morgan fingerprint density at radius 3 is 1.81 bits per heavy atom. The van der Waals surface area contributed by atoms with Crippen molar-refractivity contribution in [3.63, 3.8) is 0 Å². The van der Waals surface area contributed by atoms with Crippen molar-refractivity contribution in [1.82, 2.24) is 19.8 Å². The van der Waals surface area contributed by atoms with Crippen molar-refractivity contribution in [2.75, 3.05) is 0 Å². The first-order chi connectivity index (χ1) is 25.4. The van der Waals surface area contributed by atoms with Crippen LogP contribution in [0.4, 0.5) is 0 Å². The van der Waals surface area contributed by atoms with Gasteiger partial charge >= 0.3 is 0 Å². The zero-order chi connectivity index (χ0) is 35.9. The number of aromatic nitrogens is 4. The van der Waals surface area contributed by atoms with Crippen LogP contribution in [-0.2, 0) is 14.1 Å². The van der Waals surface area contributed by atoms with E-state index < -0.39 is 0 Å². The molecule has 0 saturated carbocycles. The summed E-state index contributed by atoms with van der Waals surface area (Å²) < 4.78 is 8.52. The standard InChI is InChI=1S/C42H34N8O2/c1-47-37(29-49-27-5-3-11-39(47)49)33-17-13-31(14-18-33)9-7-25-43-45-41(51)35-21-23-36(24-22-35)42(52)46-44-26-8-10-32-15-19-34(20-16-32)38-30-50-28-6-4-12-40(50)48(38)2/h3-30H,1-2H3/p+2/b9-7-,10-8-,43-25-,44-26+. The van der Waals surface area contributed by atoms with Crippen LogP contribution in [0.3, 0.4) is 0 Å². The zero-order valence-corrected chi connectivity index (χ0v) is 28.7. The van der Waals surface area contributed by atoms with Crippen LogP contribution in [-0.4, -0.2) is 33.2 Å². The fraction of sp³-hybridized carbons (Fsp3) is 0.0476. The van der Waals surface area contributed by atoms with Gasteiger partial charge in [-0.15, -0.1) is 0 Å². The van der Waals surface area contributed by atoms with Gasteiger partial charge in [-0.05, 0) is 83.9 Å². The summed E-state index contributed by atoms with van der Waals surface area (Å²) in [6.07, 6.45) is 18.7. The number of pyridine rings is 2. The Labute approximate surface area is 300 Å². The van der Waals surface area contributed by atoms with Gasteiger partial charge in [-0.3, -0.25) is 9.59 Å². The number of rotatable bonds is 10. The number of benzene rings is 3. The second-order valence-electron chi connectivity index (χ2n) is 12.1. The minimum absolute atomic E-state index is 0.372. The van der Waals surface area contributed by atoms with Gasteiger partial charge in [0.2, 0.25) is 0 Å². The molecule has 0 bridgehead atoms. The number of nitrogens with one attached hydrogen (secondary N) is 2. The molecule has 52 heavy (non-hydrogen) atoms. The topological polar surface area (TPSA) is 100 Å². The van der Waals surface area contributed by atoms with Gasteiger partial charge in [-0.2, -0.15) is 10.2 Å². The molecular formula is C42H36N8O2+2. The number of allylic oxidation sites excluding steroid dienone is 2. The molecule has 2 amide bonds. The predicted octanol–water partition coefficient (Wildman–Crippen LogP) is 6.03. The number of hydrogen-bond donors (Lipinski definition) is 2. The summed E-state index contributed by atoms with van der Waals surface area (Å²) in [6.45, 7) is 0. The number of fused-ring (bicyclic) bond motifs is 2. The van der Waals surface area contributed by atoms with E-state index in [9.17, 15) is 9.59 Å². The molecule has 0 aliphatic rings. The third-order valence-corrected chi connectivity index (χ3v) is 8.72. The van der Waals surface area contributed by atoms with Crippen LogP contribution >= 0.6 is 0 Å². The highest BCUT2D eigenvalue weighted by atomic mass is 16.2. The van der Waals surface area contributed by atoms with Crippen LogP contribution in [0.15, 0.2) is 156 Å². The first-order valence-corrected chi connectivity index (χ1v) is 16.7. The lowest BCUT2D eigenvalue weighted by molar-refractivity contribution is -0.633. The maximum atomic E-state index is 12.5. The number of imidazole rings is 2. The second-order valence-corrected chi connectivity index (χ2v) is 12.1. The van der Waals surface area contributed by atoms with Crippen molar-refractivity contribution in [2.24, 2.45) is 24.3 Å². The smallest absolute Gasteiger partial charge is 0.267 e. The van der Waals surface area contributed by atoms with Gasteiger partial charge in [0.1, 0.15) is 12.4 Å². The highest BCUT2D eigenvalue weighted by Crippen LogP contribution is 2.21. The third-order valence-electron chi connectivity index (χ3n) is 8.72. The van der Waals surface area contributed by atoms with E-state index in [1.807, 2.05) is 73.1 Å². The molecule has 0 unspecified atom stereocenters. The largest absolute Gasteiger partial charge is 0.286 e. The summed E-state index contributed by atoms with van der Waals surface area (Å²) in [7, 11) is 4.11. The van der Waals surface area contributed by atoms with Gasteiger partial charge in [0, 0.05) is 46.8 Å². The molecule has 10 heteroatoms. The number of carbonyl (C=O) groups excluding carboxylic acids is 2. The lowest BCUT2D eigenvalue weighted by Gasteiger charge is -2.02. The highest BCUT2D eigenvalue weighted by molar-refractivity contribution is 5.98. The van der Waals surface area contributed by atoms with E-state index in [-0.39, 0.29) is 11.8 Å². The Kier molecular flexibility index (Phi) is 9.70. The van der Waals surface area contributed by atoms with Crippen molar-refractivity contribution in [3.05, 3.63) is 168 Å². The maximum Gasteiger partial charge on any atom is 0.286 e. The Morgan fingerprint density at radius 2 is 1.23 bits per heavy atom. The highest BCUT2D eigenvalue weighted by Gasteiger charge is 2.16. The van der Waals surface area contributed by atoms with Gasteiger partial charge in [0.05, 0.1) is 26.5 Å². The van der Waals surface area contributed by atoms with E-state index >= 15 is 0 Å². The normalized spacial score (nSPS) is 11.9. The van der Waals surface area contributed by atoms with Crippen LogP contribution in [0.5, 0.6) is 0 Å². The van der Waals surface area contributed by atoms with Crippen LogP contribution in [0.25, 0.3) is 46.0 Å². The van der Waals surface area contributed by atoms with Crippen LogP contribution in [0.1, 0.15) is 31.8 Å². The molecule has 0 aliphatic heterocycles. The second kappa shape index (κ2) is 15.1. The lowest BCUT2D eigenvalue weighted by Crippen LogP contribution is -2.29. The number of carbonyl (C=O) groups is 2. The average molecular weight is 685 g/mol. The zero-order valence-electron chi connectivity index (χ0n) is 28.7. The molecule has 0 fully saturated rings. The molecule has 2 N–H and O–H groups in total. The Morgan fingerprint density at radius 1 is 0.673 bits per heavy atom. The van der Waals surface area contributed by atoms with Gasteiger partial charge in [-0.25, -0.2) is 28.8 Å². The number of amides is 2. The molecule has 7 rings (SSSR count). The number of aryl methyl sites for hydroxylation is 2. The first-order valence-electron chi connectivity index (χ1n) is 16.7. The molecule has 254 valence electrons. The van der Waals surface area contributed by atoms with Gasteiger partial charge in [0.15, 0.2) is 11.4 Å². The summed E-state index contributed by atoms with van der Waals surface area (Å²) in [5.41, 5.74) is 14.5. The molecule has 0 saturated heterocycles. The Bertz CT molecular complexity index is 2330. The van der Waals surface area contributed by atoms with Gasteiger partial charge in [0.25, 0.3) is 23.1 Å². The minimum atomic E-state index is -0.388. The van der Waals surface area contributed by atoms with E-state index in [0.717, 1.165) is 44.9 Å². The molecule has 4 heterocycles. The third kappa shape index (κ3) is 7.36. The fourth-order valence-corrected chi connectivity index (χ4v) is 5.92. The SMILES string of the molecule is Cn1c(-c2ccc(/C=C\C=N/NC(=O)c3ccc(C(=O)N/N=C/C=C\c4ccc(-c5cn6ccccc6[n+]5C)cc4)cc3)cc2)c[n+]2ccccc12. The molecule has 7 aromatic rings. The summed E-state index contributed by atoms with van der Waals surface area (Å²) in [4.78, 5) is 25.1. The van der Waals surface area contributed by atoms with Crippen LogP contribution < -0.4 is 19.8 Å². The number of hydrogen-bond acceptors (Lipinski definition) is 4. The van der Waals surface area contributed by atoms with E-state index in [1.54, 1.807) is 36.4 Å². The summed E-state index contributed by atoms with van der Waals surface area (Å²) >= 11 is 0. The Balaban J connectivity index is 0.856. The van der Waals surface area contributed by atoms with Crippen molar-refractivity contribution in [1.29, 1.82) is 0 Å². The van der Waals surface area contributed by atoms with E-state index in [2.05, 4.69) is 102 Å². The fourth-order valence-electron chi connectivity index (χ4n) is 5.92. The van der Waals surface area contributed by atoms with E-state index in [1.165, 1.54) is 12.4 Å². The maximum absolute atomic E-state index is 12.5. The van der Waals surface area contributed by atoms with Crippen molar-refractivity contribution in [2.45, 2.75) is 0 Å². The van der Waals surface area contributed by atoms with Crippen molar-refractivity contribution < 1.29 is 18.6 Å². The minimum Gasteiger partial charge on any atom is -0.267 e. The number of hydrazone groups is 2. The quantitative estimate of drug-likeness (QED) is 0.104. The molecule has 3 aromatic carbocycles.